The third-order valence-corrected chi connectivity index (χ3v) is 9.55. The highest BCUT2D eigenvalue weighted by Gasteiger charge is 2.26. The summed E-state index contributed by atoms with van der Waals surface area (Å²) in [6, 6.07) is 2.95. The number of methoxy groups -OCH3 is 2. The summed E-state index contributed by atoms with van der Waals surface area (Å²) in [6.07, 6.45) is 0.342. The summed E-state index contributed by atoms with van der Waals surface area (Å²) < 4.78 is 21.5. The first-order chi connectivity index (χ1) is 12.9. The van der Waals surface area contributed by atoms with Crippen LogP contribution in [0.4, 0.5) is 4.79 Å². The highest BCUT2D eigenvalue weighted by Crippen LogP contribution is 2.61. The number of benzene rings is 1. The number of fused-ring (bicyclic) bond motifs is 1. The molecule has 1 heterocycles. The van der Waals surface area contributed by atoms with Crippen LogP contribution in [0.25, 0.3) is 0 Å². The van der Waals surface area contributed by atoms with Gasteiger partial charge in [0.15, 0.2) is 18.3 Å². The van der Waals surface area contributed by atoms with Gasteiger partial charge >= 0.3 is 6.09 Å². The van der Waals surface area contributed by atoms with E-state index in [4.69, 9.17) is 18.9 Å². The van der Waals surface area contributed by atoms with Crippen LogP contribution < -0.4 is 14.8 Å². The van der Waals surface area contributed by atoms with Crippen LogP contribution >= 0.6 is 31.4 Å². The summed E-state index contributed by atoms with van der Waals surface area (Å²) in [7, 11) is 7.06. The molecule has 1 amide bonds. The first-order valence-corrected chi connectivity index (χ1v) is 15.8. The van der Waals surface area contributed by atoms with Gasteiger partial charge in [0.25, 0.3) is 0 Å². The van der Waals surface area contributed by atoms with E-state index in [1.54, 1.807) is 45.6 Å². The van der Waals surface area contributed by atoms with Gasteiger partial charge < -0.3 is 24.3 Å². The number of carbonyl (C=O) groups is 1. The minimum atomic E-state index is -1.19. The predicted octanol–water partition coefficient (Wildman–Crippen LogP) is 5.05. The molecule has 0 spiro atoms. The first kappa shape index (κ1) is 22.6. The summed E-state index contributed by atoms with van der Waals surface area (Å²) >= 11 is 0. The highest BCUT2D eigenvalue weighted by atomic mass is 33.5. The van der Waals surface area contributed by atoms with E-state index < -0.39 is 8.07 Å². The Morgan fingerprint density at radius 2 is 1.93 bits per heavy atom. The van der Waals surface area contributed by atoms with Gasteiger partial charge in [-0.3, -0.25) is 0 Å². The minimum Gasteiger partial charge on any atom is -0.493 e. The second-order valence-corrected chi connectivity index (χ2v) is 16.7. The molecular weight excluding hydrogens is 422 g/mol. The lowest BCUT2D eigenvalue weighted by atomic mass is 10.1. The van der Waals surface area contributed by atoms with Crippen molar-refractivity contribution in [1.82, 2.24) is 5.32 Å². The Bertz CT molecular complexity index is 654. The Hall–Kier alpha value is -0.683. The monoisotopic (exact) mass is 449 g/mol. The maximum absolute atomic E-state index is 11.9. The molecule has 10 heteroatoms. The fourth-order valence-electron chi connectivity index (χ4n) is 2.29. The third kappa shape index (κ3) is 7.01. The lowest BCUT2D eigenvalue weighted by Gasteiger charge is -2.17. The van der Waals surface area contributed by atoms with Crippen molar-refractivity contribution in [3.8, 4) is 11.5 Å². The van der Waals surface area contributed by atoms with Gasteiger partial charge in [0.05, 0.1) is 18.6 Å². The SMILES string of the molecule is COCOc1c(OC)cc(CCNC(=O)OCC[Si](C)(C)C)c2c1SSS2. The molecular formula is C17H27NO5S3Si. The second kappa shape index (κ2) is 10.8. The molecule has 1 N–H and O–H groups in total. The van der Waals surface area contributed by atoms with Gasteiger partial charge in [-0.15, -0.1) is 0 Å². The minimum absolute atomic E-state index is 0.170. The van der Waals surface area contributed by atoms with Gasteiger partial charge in [-0.1, -0.05) is 19.6 Å². The number of hydrogen-bond acceptors (Lipinski definition) is 8. The molecule has 0 unspecified atom stereocenters. The second-order valence-electron chi connectivity index (χ2n) is 7.13. The Labute approximate surface area is 173 Å². The van der Waals surface area contributed by atoms with E-state index in [2.05, 4.69) is 25.0 Å². The van der Waals surface area contributed by atoms with Crippen LogP contribution in [0.3, 0.4) is 0 Å². The van der Waals surface area contributed by atoms with Gasteiger partial charge in [0.2, 0.25) is 0 Å². The average Bonchev–Trinajstić information content (AvgIpc) is 3.09. The zero-order valence-electron chi connectivity index (χ0n) is 16.4. The van der Waals surface area contributed by atoms with Crippen molar-refractivity contribution in [3.05, 3.63) is 11.6 Å². The summed E-state index contributed by atoms with van der Waals surface area (Å²) in [5.74, 6) is 1.38. The molecule has 1 aliphatic heterocycles. The van der Waals surface area contributed by atoms with Gasteiger partial charge in [-0.05, 0) is 55.5 Å². The van der Waals surface area contributed by atoms with Crippen LogP contribution in [0.1, 0.15) is 5.56 Å². The first-order valence-electron chi connectivity index (χ1n) is 8.63. The Morgan fingerprint density at radius 1 is 1.19 bits per heavy atom. The summed E-state index contributed by atoms with van der Waals surface area (Å²) in [4.78, 5) is 14.1. The van der Waals surface area contributed by atoms with Crippen LogP contribution in [-0.4, -0.2) is 48.3 Å². The molecule has 0 atom stereocenters. The average molecular weight is 450 g/mol. The topological polar surface area (TPSA) is 66.0 Å². The highest BCUT2D eigenvalue weighted by molar-refractivity contribution is 9.10. The molecule has 0 saturated carbocycles. The molecule has 0 bridgehead atoms. The van der Waals surface area contributed by atoms with Crippen molar-refractivity contribution in [2.45, 2.75) is 41.9 Å². The van der Waals surface area contributed by atoms with Crippen LogP contribution in [0, 0.1) is 0 Å². The Balaban J connectivity index is 1.95. The molecule has 152 valence electrons. The van der Waals surface area contributed by atoms with Crippen molar-refractivity contribution in [2.24, 2.45) is 0 Å². The maximum atomic E-state index is 11.9. The Morgan fingerprint density at radius 3 is 2.59 bits per heavy atom. The van der Waals surface area contributed by atoms with Crippen molar-refractivity contribution in [1.29, 1.82) is 0 Å². The molecule has 2 rings (SSSR count). The number of alkyl carbamates (subject to hydrolysis) is 1. The van der Waals surface area contributed by atoms with Crippen LogP contribution in [0.15, 0.2) is 15.9 Å². The summed E-state index contributed by atoms with van der Waals surface area (Å²) in [6.45, 7) is 7.94. The van der Waals surface area contributed by atoms with Crippen LogP contribution in [0.2, 0.25) is 25.7 Å². The number of ether oxygens (including phenoxy) is 4. The van der Waals surface area contributed by atoms with E-state index in [1.165, 1.54) is 0 Å². The normalized spacial score (nSPS) is 13.2. The zero-order valence-corrected chi connectivity index (χ0v) is 19.8. The molecule has 1 aromatic rings. The van der Waals surface area contributed by atoms with E-state index in [9.17, 15) is 4.79 Å². The van der Waals surface area contributed by atoms with Crippen LogP contribution in [0.5, 0.6) is 11.5 Å². The van der Waals surface area contributed by atoms with Crippen molar-refractivity contribution < 1.29 is 23.7 Å². The maximum Gasteiger partial charge on any atom is 0.407 e. The standard InChI is InChI=1S/C17H27NO5S3Si/c1-20-11-23-14-13(21-2)10-12(15-16(14)25-26-24-15)6-7-18-17(19)22-8-9-27(3,4)5/h10H,6-9,11H2,1-5H3,(H,18,19). The molecule has 0 saturated heterocycles. The fourth-order valence-corrected chi connectivity index (χ4v) is 7.71. The Kier molecular flexibility index (Phi) is 9.00. The largest absolute Gasteiger partial charge is 0.493 e. The number of nitrogens with one attached hydrogen (secondary N) is 1. The number of hydrogen-bond donors (Lipinski definition) is 1. The molecule has 27 heavy (non-hydrogen) atoms. The number of rotatable bonds is 10. The number of amides is 1. The molecule has 0 aliphatic carbocycles. The van der Waals surface area contributed by atoms with E-state index in [0.29, 0.717) is 31.1 Å². The molecule has 6 nitrogen and oxygen atoms in total. The fraction of sp³-hybridized carbons (Fsp3) is 0.588. The molecule has 0 radical (unpaired) electrons. The summed E-state index contributed by atoms with van der Waals surface area (Å²) in [5.41, 5.74) is 1.12. The van der Waals surface area contributed by atoms with Crippen molar-refractivity contribution in [3.63, 3.8) is 0 Å². The van der Waals surface area contributed by atoms with Gasteiger partial charge in [-0.2, -0.15) is 0 Å². The predicted molar refractivity (Wildman–Crippen MR) is 116 cm³/mol. The molecule has 0 aromatic heterocycles. The van der Waals surface area contributed by atoms with Gasteiger partial charge in [0.1, 0.15) is 0 Å². The van der Waals surface area contributed by atoms with Crippen LogP contribution in [-0.2, 0) is 15.9 Å². The molecule has 0 fully saturated rings. The van der Waals surface area contributed by atoms with Crippen molar-refractivity contribution in [2.75, 3.05) is 34.2 Å². The van der Waals surface area contributed by atoms with Gasteiger partial charge in [0, 0.05) is 26.6 Å². The quantitative estimate of drug-likeness (QED) is 0.302. The van der Waals surface area contributed by atoms with E-state index in [0.717, 1.165) is 21.4 Å². The number of carbonyl (C=O) groups excluding carboxylic acids is 1. The third-order valence-electron chi connectivity index (χ3n) is 3.76. The lowest BCUT2D eigenvalue weighted by Crippen LogP contribution is -2.29. The van der Waals surface area contributed by atoms with E-state index >= 15 is 0 Å². The van der Waals surface area contributed by atoms with Crippen molar-refractivity contribution >= 4 is 45.6 Å². The van der Waals surface area contributed by atoms with E-state index in [1.807, 2.05) is 6.07 Å². The zero-order chi connectivity index (χ0) is 19.9. The molecule has 1 aliphatic rings. The van der Waals surface area contributed by atoms with Gasteiger partial charge in [-0.25, -0.2) is 4.79 Å². The smallest absolute Gasteiger partial charge is 0.407 e. The molecule has 1 aromatic carbocycles. The van der Waals surface area contributed by atoms with E-state index in [-0.39, 0.29) is 12.9 Å². The lowest BCUT2D eigenvalue weighted by molar-refractivity contribution is 0.0467. The summed E-state index contributed by atoms with van der Waals surface area (Å²) in [5, 5.41) is 2.83.